The zero-order valence-corrected chi connectivity index (χ0v) is 16.1. The Balaban J connectivity index is 3.47. The first-order valence-electron chi connectivity index (χ1n) is 9.63. The molecule has 0 aromatic carbocycles. The Hall–Kier alpha value is 0.270. The first kappa shape index (κ1) is 22.3. The van der Waals surface area contributed by atoms with Crippen molar-refractivity contribution in [3.63, 3.8) is 0 Å². The van der Waals surface area contributed by atoms with Crippen LogP contribution < -0.4 is 0 Å². The van der Waals surface area contributed by atoms with Crippen LogP contribution in [0.2, 0.25) is 0 Å². The lowest BCUT2D eigenvalue weighted by molar-refractivity contribution is 0.295. The van der Waals surface area contributed by atoms with Crippen molar-refractivity contribution in [3.8, 4) is 0 Å². The maximum absolute atomic E-state index is 12.0. The smallest absolute Gasteiger partial charge is 0.135 e. The van der Waals surface area contributed by atoms with Gasteiger partial charge in [-0.1, -0.05) is 78.1 Å². The summed E-state index contributed by atoms with van der Waals surface area (Å²) < 4.78 is 12.0. The van der Waals surface area contributed by atoms with Crippen molar-refractivity contribution in [2.75, 3.05) is 12.4 Å². The Morgan fingerprint density at radius 3 is 1.82 bits per heavy atom. The number of unbranched alkanes of at least 4 members (excludes halogenated alkanes) is 9. The third-order valence-electron chi connectivity index (χ3n) is 4.65. The Bertz CT molecular complexity index is 223. The van der Waals surface area contributed by atoms with Gasteiger partial charge in [0.1, 0.15) is 11.0 Å². The highest BCUT2D eigenvalue weighted by Crippen LogP contribution is 2.19. The molecule has 0 heterocycles. The van der Waals surface area contributed by atoms with E-state index < -0.39 is 11.2 Å². The first-order valence-corrected chi connectivity index (χ1v) is 11.0. The van der Waals surface area contributed by atoms with E-state index in [-0.39, 0.29) is 11.9 Å². The molecule has 0 aliphatic carbocycles. The Kier molecular flexibility index (Phi) is 16.3. The summed E-state index contributed by atoms with van der Waals surface area (Å²) in [5.74, 6) is 1.35. The van der Waals surface area contributed by atoms with Gasteiger partial charge in [-0.25, -0.2) is 0 Å². The highest BCUT2D eigenvalue weighted by molar-refractivity contribution is 7.92. The topological polar surface area (TPSA) is 43.3 Å². The Morgan fingerprint density at radius 2 is 1.36 bits per heavy atom. The monoisotopic (exact) mass is 332 g/mol. The van der Waals surface area contributed by atoms with Gasteiger partial charge >= 0.3 is 0 Å². The summed E-state index contributed by atoms with van der Waals surface area (Å²) >= 11 is -0.859. The summed E-state index contributed by atoms with van der Waals surface area (Å²) in [5, 5.41) is 8.99. The lowest BCUT2D eigenvalue weighted by Gasteiger charge is -2.21. The number of hydrogen-bond acceptors (Lipinski definition) is 2. The summed E-state index contributed by atoms with van der Waals surface area (Å²) in [4.78, 5) is 0. The highest BCUT2D eigenvalue weighted by Gasteiger charge is 2.20. The maximum atomic E-state index is 12.0. The van der Waals surface area contributed by atoms with Crippen molar-refractivity contribution in [2.45, 2.75) is 103 Å². The van der Waals surface area contributed by atoms with Crippen LogP contribution in [0.3, 0.4) is 0 Å². The predicted octanol–water partition coefficient (Wildman–Crippen LogP) is 5.45. The number of aliphatic hydroxyl groups is 1. The largest absolute Gasteiger partial charge is 0.616 e. The van der Waals surface area contributed by atoms with Gasteiger partial charge in [-0.15, -0.1) is 0 Å². The van der Waals surface area contributed by atoms with E-state index in [9.17, 15) is 4.55 Å². The van der Waals surface area contributed by atoms with Crippen LogP contribution in [-0.4, -0.2) is 27.3 Å². The van der Waals surface area contributed by atoms with Crippen LogP contribution in [0.4, 0.5) is 0 Å². The molecule has 0 rings (SSSR count). The summed E-state index contributed by atoms with van der Waals surface area (Å²) in [6.45, 7) is 6.38. The molecule has 0 spiro atoms. The molecule has 3 atom stereocenters. The molecule has 0 bridgehead atoms. The molecular formula is C19H40O2S. The third kappa shape index (κ3) is 12.8. The van der Waals surface area contributed by atoms with E-state index in [0.29, 0.717) is 5.92 Å². The Labute approximate surface area is 142 Å². The number of aliphatic hydroxyl groups excluding tert-OH is 1. The first-order chi connectivity index (χ1) is 10.7. The van der Waals surface area contributed by atoms with Gasteiger partial charge < -0.3 is 9.66 Å². The average Bonchev–Trinajstić information content (AvgIpc) is 2.54. The minimum atomic E-state index is -0.859. The molecule has 3 unspecified atom stereocenters. The molecule has 0 fully saturated rings. The maximum Gasteiger partial charge on any atom is 0.135 e. The van der Waals surface area contributed by atoms with Gasteiger partial charge in [0.15, 0.2) is 0 Å². The van der Waals surface area contributed by atoms with E-state index in [0.717, 1.165) is 12.2 Å². The lowest BCUT2D eigenvalue weighted by atomic mass is 9.99. The van der Waals surface area contributed by atoms with Gasteiger partial charge in [-0.2, -0.15) is 0 Å². The van der Waals surface area contributed by atoms with Gasteiger partial charge in [0.05, 0.1) is 6.61 Å². The van der Waals surface area contributed by atoms with Crippen LogP contribution >= 0.6 is 0 Å². The fraction of sp³-hybridized carbons (Fsp3) is 1.00. The number of hydrogen-bond donors (Lipinski definition) is 1. The van der Waals surface area contributed by atoms with Crippen LogP contribution in [0, 0.1) is 5.92 Å². The van der Waals surface area contributed by atoms with Crippen LogP contribution in [0.25, 0.3) is 0 Å². The van der Waals surface area contributed by atoms with Crippen molar-refractivity contribution in [3.05, 3.63) is 0 Å². The minimum absolute atomic E-state index is 0.0430. The molecule has 3 heteroatoms. The molecule has 0 saturated heterocycles. The van der Waals surface area contributed by atoms with Gasteiger partial charge in [-0.05, 0) is 30.9 Å². The summed E-state index contributed by atoms with van der Waals surface area (Å²) in [7, 11) is 0. The molecule has 0 aliphatic heterocycles. The van der Waals surface area contributed by atoms with Crippen molar-refractivity contribution < 1.29 is 9.66 Å². The lowest BCUT2D eigenvalue weighted by Crippen LogP contribution is -2.28. The fourth-order valence-electron chi connectivity index (χ4n) is 2.81. The summed E-state index contributed by atoms with van der Waals surface area (Å²) in [5.41, 5.74) is 0. The molecule has 134 valence electrons. The molecule has 0 aromatic rings. The molecular weight excluding hydrogens is 292 g/mol. The van der Waals surface area contributed by atoms with Crippen molar-refractivity contribution >= 4 is 11.2 Å². The van der Waals surface area contributed by atoms with Crippen molar-refractivity contribution in [1.82, 2.24) is 0 Å². The van der Waals surface area contributed by atoms with E-state index >= 15 is 0 Å². The van der Waals surface area contributed by atoms with Crippen LogP contribution in [0.1, 0.15) is 97.8 Å². The average molecular weight is 333 g/mol. The van der Waals surface area contributed by atoms with E-state index in [1.807, 2.05) is 6.92 Å². The molecule has 22 heavy (non-hydrogen) atoms. The molecule has 0 radical (unpaired) electrons. The van der Waals surface area contributed by atoms with Gasteiger partial charge in [0.2, 0.25) is 0 Å². The Morgan fingerprint density at radius 1 is 0.864 bits per heavy atom. The third-order valence-corrected chi connectivity index (χ3v) is 6.50. The summed E-state index contributed by atoms with van der Waals surface area (Å²) in [6.07, 6.45) is 16.0. The van der Waals surface area contributed by atoms with Crippen LogP contribution in [0.5, 0.6) is 0 Å². The van der Waals surface area contributed by atoms with E-state index in [1.54, 1.807) is 0 Å². The molecule has 2 nitrogen and oxygen atoms in total. The molecule has 1 N–H and O–H groups in total. The highest BCUT2D eigenvalue weighted by atomic mass is 32.2. The molecule has 0 amide bonds. The zero-order chi connectivity index (χ0) is 16.6. The SMILES string of the molecule is CCCCCCCCCCCCC(CC)C[S+]([O-])C(C)CO. The van der Waals surface area contributed by atoms with E-state index in [4.69, 9.17) is 5.11 Å². The second kappa shape index (κ2) is 16.1. The van der Waals surface area contributed by atoms with Crippen molar-refractivity contribution in [1.29, 1.82) is 0 Å². The van der Waals surface area contributed by atoms with E-state index in [2.05, 4.69) is 13.8 Å². The normalized spacial score (nSPS) is 15.7. The standard InChI is InChI=1S/C19H40O2S/c1-4-6-7-8-9-10-11-12-13-14-15-19(5-2)17-22(21)18(3)16-20/h18-20H,4-17H2,1-3H3. The van der Waals surface area contributed by atoms with Gasteiger partial charge in [0.25, 0.3) is 0 Å². The molecule has 0 saturated carbocycles. The zero-order valence-electron chi connectivity index (χ0n) is 15.3. The number of rotatable bonds is 16. The van der Waals surface area contributed by atoms with Crippen LogP contribution in [0.15, 0.2) is 0 Å². The predicted molar refractivity (Wildman–Crippen MR) is 99.8 cm³/mol. The second-order valence-electron chi connectivity index (χ2n) is 6.79. The molecule has 0 aromatic heterocycles. The summed E-state index contributed by atoms with van der Waals surface area (Å²) in [6, 6.07) is 0. The molecule has 0 aliphatic rings. The second-order valence-corrected chi connectivity index (χ2v) is 8.69. The van der Waals surface area contributed by atoms with Crippen LogP contribution in [-0.2, 0) is 11.2 Å². The van der Waals surface area contributed by atoms with Gasteiger partial charge in [-0.3, -0.25) is 0 Å². The minimum Gasteiger partial charge on any atom is -0.616 e. The van der Waals surface area contributed by atoms with Gasteiger partial charge in [0, 0.05) is 5.92 Å². The van der Waals surface area contributed by atoms with Crippen molar-refractivity contribution in [2.24, 2.45) is 5.92 Å². The van der Waals surface area contributed by atoms with E-state index in [1.165, 1.54) is 70.6 Å². The quantitative estimate of drug-likeness (QED) is 0.301. The fourth-order valence-corrected chi connectivity index (χ4v) is 4.17.